The summed E-state index contributed by atoms with van der Waals surface area (Å²) in [5.41, 5.74) is 3.16. The lowest BCUT2D eigenvalue weighted by Crippen LogP contribution is -2.47. The Balaban J connectivity index is 1.75. The first-order valence-corrected chi connectivity index (χ1v) is 11.6. The molecule has 0 saturated carbocycles. The topological polar surface area (TPSA) is 59.1 Å². The molecule has 6 heteroatoms. The minimum atomic E-state index is -0.303. The quantitative estimate of drug-likeness (QED) is 0.612. The van der Waals surface area contributed by atoms with Crippen LogP contribution in [-0.4, -0.2) is 48.6 Å². The standard InChI is InChI=1S/C27H32N2O4/c1-17(2)16-32-23-11-9-21(10-12-23)24-25(28-14-19(4)33-20(5)15-28)27(31)29(26(24)30)22-8-6-7-18(3)13-22/h6-13,17,19-20H,14-16H2,1-5H3. The molecule has 2 atom stereocenters. The summed E-state index contributed by atoms with van der Waals surface area (Å²) >= 11 is 0. The molecule has 0 bridgehead atoms. The predicted molar refractivity (Wildman–Crippen MR) is 129 cm³/mol. The van der Waals surface area contributed by atoms with E-state index in [4.69, 9.17) is 9.47 Å². The van der Waals surface area contributed by atoms with Gasteiger partial charge < -0.3 is 14.4 Å². The Bertz CT molecular complexity index is 1060. The van der Waals surface area contributed by atoms with E-state index in [0.717, 1.165) is 11.3 Å². The molecule has 0 radical (unpaired) electrons. The minimum Gasteiger partial charge on any atom is -0.493 e. The second kappa shape index (κ2) is 9.40. The zero-order chi connectivity index (χ0) is 23.7. The summed E-state index contributed by atoms with van der Waals surface area (Å²) in [5, 5.41) is 0. The number of nitrogens with zero attached hydrogens (tertiary/aromatic N) is 2. The molecule has 2 aromatic carbocycles. The van der Waals surface area contributed by atoms with Gasteiger partial charge >= 0.3 is 0 Å². The number of carbonyl (C=O) groups excluding carboxylic acids is 2. The molecule has 4 rings (SSSR count). The first-order valence-electron chi connectivity index (χ1n) is 11.6. The Morgan fingerprint density at radius 1 is 1.00 bits per heavy atom. The van der Waals surface area contributed by atoms with E-state index in [0.29, 0.717) is 48.1 Å². The van der Waals surface area contributed by atoms with E-state index in [1.807, 2.05) is 68.1 Å². The van der Waals surface area contributed by atoms with Crippen LogP contribution in [-0.2, 0) is 14.3 Å². The van der Waals surface area contributed by atoms with Crippen molar-refractivity contribution in [3.8, 4) is 5.75 Å². The van der Waals surface area contributed by atoms with Gasteiger partial charge in [-0.2, -0.15) is 0 Å². The SMILES string of the molecule is Cc1cccc(N2C(=O)C(c3ccc(OCC(C)C)cc3)=C(N3CC(C)OC(C)C3)C2=O)c1. The van der Waals surface area contributed by atoms with E-state index >= 15 is 0 Å². The van der Waals surface area contributed by atoms with Crippen LogP contribution >= 0.6 is 0 Å². The first kappa shape index (κ1) is 23.1. The highest BCUT2D eigenvalue weighted by Gasteiger charge is 2.43. The van der Waals surface area contributed by atoms with Crippen LogP contribution in [0.5, 0.6) is 5.75 Å². The number of hydrogen-bond acceptors (Lipinski definition) is 5. The Morgan fingerprint density at radius 3 is 2.27 bits per heavy atom. The fraction of sp³-hybridized carbons (Fsp3) is 0.407. The maximum absolute atomic E-state index is 13.7. The molecular weight excluding hydrogens is 416 g/mol. The highest BCUT2D eigenvalue weighted by Crippen LogP contribution is 2.36. The van der Waals surface area contributed by atoms with Crippen molar-refractivity contribution in [3.05, 3.63) is 65.4 Å². The highest BCUT2D eigenvalue weighted by molar-refractivity contribution is 6.45. The molecule has 0 N–H and O–H groups in total. The molecule has 2 heterocycles. The number of rotatable bonds is 6. The van der Waals surface area contributed by atoms with Crippen molar-refractivity contribution in [1.82, 2.24) is 4.90 Å². The van der Waals surface area contributed by atoms with Crippen LogP contribution in [0.15, 0.2) is 54.2 Å². The van der Waals surface area contributed by atoms with Crippen LogP contribution in [0.1, 0.15) is 38.8 Å². The lowest BCUT2D eigenvalue weighted by atomic mass is 10.0. The number of imide groups is 1. The number of aryl methyl sites for hydroxylation is 1. The summed E-state index contributed by atoms with van der Waals surface area (Å²) in [6.45, 7) is 11.9. The molecule has 2 amide bonds. The molecular formula is C27H32N2O4. The lowest BCUT2D eigenvalue weighted by Gasteiger charge is -2.37. The fourth-order valence-electron chi connectivity index (χ4n) is 4.41. The summed E-state index contributed by atoms with van der Waals surface area (Å²) in [5.74, 6) is 0.571. The van der Waals surface area contributed by atoms with Crippen molar-refractivity contribution in [1.29, 1.82) is 0 Å². The summed E-state index contributed by atoms with van der Waals surface area (Å²) < 4.78 is 11.7. The van der Waals surface area contributed by atoms with Gasteiger partial charge in [-0.05, 0) is 62.1 Å². The van der Waals surface area contributed by atoms with Crippen molar-refractivity contribution >= 4 is 23.1 Å². The summed E-state index contributed by atoms with van der Waals surface area (Å²) in [6, 6.07) is 14.9. The normalized spacial score (nSPS) is 21.4. The molecule has 0 aromatic heterocycles. The second-order valence-electron chi connectivity index (χ2n) is 9.40. The van der Waals surface area contributed by atoms with Gasteiger partial charge in [-0.15, -0.1) is 0 Å². The van der Waals surface area contributed by atoms with Gasteiger partial charge in [0, 0.05) is 13.1 Å². The van der Waals surface area contributed by atoms with Crippen LogP contribution in [0, 0.1) is 12.8 Å². The fourth-order valence-corrected chi connectivity index (χ4v) is 4.41. The molecule has 2 aromatic rings. The molecule has 0 aliphatic carbocycles. The number of hydrogen-bond donors (Lipinski definition) is 0. The third-order valence-corrected chi connectivity index (χ3v) is 5.78. The molecule has 2 aliphatic heterocycles. The van der Waals surface area contributed by atoms with E-state index in [2.05, 4.69) is 13.8 Å². The van der Waals surface area contributed by atoms with Crippen molar-refractivity contribution in [2.45, 2.75) is 46.8 Å². The van der Waals surface area contributed by atoms with Crippen LogP contribution in [0.25, 0.3) is 5.57 Å². The Morgan fingerprint density at radius 2 is 1.67 bits per heavy atom. The van der Waals surface area contributed by atoms with E-state index < -0.39 is 0 Å². The van der Waals surface area contributed by atoms with Gasteiger partial charge in [-0.25, -0.2) is 4.90 Å². The van der Waals surface area contributed by atoms with Gasteiger partial charge in [0.1, 0.15) is 11.4 Å². The molecule has 2 aliphatic rings. The average Bonchev–Trinajstić information content (AvgIpc) is 3.02. The van der Waals surface area contributed by atoms with Gasteiger partial charge in [-0.3, -0.25) is 9.59 Å². The Labute approximate surface area is 195 Å². The van der Waals surface area contributed by atoms with E-state index in [1.165, 1.54) is 4.90 Å². The number of carbonyl (C=O) groups is 2. The van der Waals surface area contributed by atoms with Crippen molar-refractivity contribution in [3.63, 3.8) is 0 Å². The lowest BCUT2D eigenvalue weighted by molar-refractivity contribution is -0.121. The summed E-state index contributed by atoms with van der Waals surface area (Å²) in [4.78, 5) is 30.7. The number of amides is 2. The van der Waals surface area contributed by atoms with E-state index in [9.17, 15) is 9.59 Å². The maximum atomic E-state index is 13.7. The summed E-state index contributed by atoms with van der Waals surface area (Å²) in [7, 11) is 0. The molecule has 2 unspecified atom stereocenters. The van der Waals surface area contributed by atoms with Gasteiger partial charge in [0.2, 0.25) is 0 Å². The Hall–Kier alpha value is -3.12. The third kappa shape index (κ3) is 4.81. The smallest absolute Gasteiger partial charge is 0.282 e. The molecule has 6 nitrogen and oxygen atoms in total. The molecule has 174 valence electrons. The molecule has 1 saturated heterocycles. The zero-order valence-electron chi connectivity index (χ0n) is 20.0. The summed E-state index contributed by atoms with van der Waals surface area (Å²) in [6.07, 6.45) is -0.0736. The van der Waals surface area contributed by atoms with Gasteiger partial charge in [-0.1, -0.05) is 38.1 Å². The van der Waals surface area contributed by atoms with Crippen molar-refractivity contribution in [2.24, 2.45) is 5.92 Å². The maximum Gasteiger partial charge on any atom is 0.282 e. The molecule has 0 spiro atoms. The van der Waals surface area contributed by atoms with Crippen LogP contribution < -0.4 is 9.64 Å². The number of anilines is 1. The van der Waals surface area contributed by atoms with Gasteiger partial charge in [0.15, 0.2) is 0 Å². The van der Waals surface area contributed by atoms with Crippen LogP contribution in [0.4, 0.5) is 5.69 Å². The molecule has 1 fully saturated rings. The minimum absolute atomic E-state index is 0.0368. The molecule has 33 heavy (non-hydrogen) atoms. The van der Waals surface area contributed by atoms with Gasteiger partial charge in [0.05, 0.1) is 30.1 Å². The number of morpholine rings is 1. The van der Waals surface area contributed by atoms with E-state index in [1.54, 1.807) is 6.07 Å². The average molecular weight is 449 g/mol. The van der Waals surface area contributed by atoms with Gasteiger partial charge in [0.25, 0.3) is 11.8 Å². The highest BCUT2D eigenvalue weighted by atomic mass is 16.5. The number of benzene rings is 2. The van der Waals surface area contributed by atoms with Crippen molar-refractivity contribution < 1.29 is 19.1 Å². The largest absolute Gasteiger partial charge is 0.493 e. The van der Waals surface area contributed by atoms with Crippen LogP contribution in [0.3, 0.4) is 0 Å². The monoisotopic (exact) mass is 448 g/mol. The number of ether oxygens (including phenoxy) is 2. The predicted octanol–water partition coefficient (Wildman–Crippen LogP) is 4.42. The van der Waals surface area contributed by atoms with E-state index in [-0.39, 0.29) is 24.0 Å². The zero-order valence-corrected chi connectivity index (χ0v) is 20.0. The van der Waals surface area contributed by atoms with Crippen molar-refractivity contribution in [2.75, 3.05) is 24.6 Å². The van der Waals surface area contributed by atoms with Crippen LogP contribution in [0.2, 0.25) is 0 Å². The third-order valence-electron chi connectivity index (χ3n) is 5.78. The first-order chi connectivity index (χ1) is 15.7. The Kier molecular flexibility index (Phi) is 6.56. The second-order valence-corrected chi connectivity index (χ2v) is 9.40.